The van der Waals surface area contributed by atoms with Crippen LogP contribution in [0.2, 0.25) is 0 Å². The normalized spacial score (nSPS) is 19.7. The number of hydrogen-bond donors (Lipinski definition) is 1. The molecule has 162 valence electrons. The highest BCUT2D eigenvalue weighted by Gasteiger charge is 2.40. The molecule has 2 aliphatic rings. The van der Waals surface area contributed by atoms with Gasteiger partial charge in [-0.15, -0.1) is 11.3 Å². The van der Waals surface area contributed by atoms with Gasteiger partial charge in [-0.1, -0.05) is 24.3 Å². The summed E-state index contributed by atoms with van der Waals surface area (Å²) in [5.41, 5.74) is 1.68. The fourth-order valence-electron chi connectivity index (χ4n) is 3.94. The van der Waals surface area contributed by atoms with Gasteiger partial charge in [0, 0.05) is 19.6 Å². The van der Waals surface area contributed by atoms with Crippen LogP contribution in [0, 0.1) is 0 Å². The smallest absolute Gasteiger partial charge is 0.253 e. The van der Waals surface area contributed by atoms with E-state index in [2.05, 4.69) is 5.32 Å². The molecular weight excluding hydrogens is 446 g/mol. The molecule has 1 atom stereocenters. The molecule has 1 aromatic carbocycles. The van der Waals surface area contributed by atoms with E-state index in [9.17, 15) is 21.6 Å². The van der Waals surface area contributed by atoms with Crippen LogP contribution in [0.25, 0.3) is 0 Å². The zero-order chi connectivity index (χ0) is 21.4. The summed E-state index contributed by atoms with van der Waals surface area (Å²) in [6.45, 7) is 0.607. The highest BCUT2D eigenvalue weighted by molar-refractivity contribution is 7.92. The Morgan fingerprint density at radius 1 is 1.10 bits per heavy atom. The van der Waals surface area contributed by atoms with E-state index >= 15 is 0 Å². The molecule has 8 nitrogen and oxygen atoms in total. The van der Waals surface area contributed by atoms with Gasteiger partial charge in [-0.2, -0.15) is 4.31 Å². The van der Waals surface area contributed by atoms with Crippen molar-refractivity contribution in [2.24, 2.45) is 0 Å². The minimum absolute atomic E-state index is 0.0662. The topological polar surface area (TPSA) is 104 Å². The molecule has 1 fully saturated rings. The summed E-state index contributed by atoms with van der Waals surface area (Å²) >= 11 is 1.11. The third kappa shape index (κ3) is 3.98. The lowest BCUT2D eigenvalue weighted by Gasteiger charge is -2.23. The Morgan fingerprint density at radius 2 is 1.90 bits per heavy atom. The van der Waals surface area contributed by atoms with Gasteiger partial charge in [0.2, 0.25) is 15.9 Å². The summed E-state index contributed by atoms with van der Waals surface area (Å²) in [5, 5.41) is 4.31. The maximum absolute atomic E-state index is 12.8. The molecule has 0 bridgehead atoms. The van der Waals surface area contributed by atoms with Gasteiger partial charge in [-0.25, -0.2) is 16.8 Å². The van der Waals surface area contributed by atoms with E-state index in [0.29, 0.717) is 31.5 Å². The van der Waals surface area contributed by atoms with E-state index in [0.717, 1.165) is 16.9 Å². The molecule has 2 aliphatic heterocycles. The van der Waals surface area contributed by atoms with Crippen molar-refractivity contribution in [1.29, 1.82) is 0 Å². The number of thiophene rings is 1. The zero-order valence-electron chi connectivity index (χ0n) is 16.2. The maximum atomic E-state index is 12.8. The van der Waals surface area contributed by atoms with Crippen LogP contribution < -0.4 is 9.62 Å². The highest BCUT2D eigenvalue weighted by atomic mass is 32.2. The molecule has 1 aromatic heterocycles. The van der Waals surface area contributed by atoms with Gasteiger partial charge in [-0.3, -0.25) is 9.10 Å². The van der Waals surface area contributed by atoms with Gasteiger partial charge in [0.05, 0.1) is 11.4 Å². The van der Waals surface area contributed by atoms with Gasteiger partial charge in [0.15, 0.2) is 0 Å². The number of rotatable bonds is 7. The molecule has 2 aromatic rings. The van der Waals surface area contributed by atoms with Crippen LogP contribution in [0.15, 0.2) is 46.0 Å². The fourth-order valence-corrected chi connectivity index (χ4v) is 8.15. The van der Waals surface area contributed by atoms with Gasteiger partial charge >= 0.3 is 0 Å². The van der Waals surface area contributed by atoms with E-state index in [1.165, 1.54) is 14.7 Å². The van der Waals surface area contributed by atoms with E-state index in [1.807, 2.05) is 12.1 Å². The molecule has 0 saturated carbocycles. The lowest BCUT2D eigenvalue weighted by molar-refractivity contribution is -0.124. The third-order valence-corrected chi connectivity index (χ3v) is 10.5. The van der Waals surface area contributed by atoms with Crippen molar-refractivity contribution in [3.05, 3.63) is 47.3 Å². The first kappa shape index (κ1) is 21.3. The Bertz CT molecular complexity index is 1130. The molecule has 1 saturated heterocycles. The quantitative estimate of drug-likeness (QED) is 0.660. The summed E-state index contributed by atoms with van der Waals surface area (Å²) in [5.74, 6) is -0.693. The van der Waals surface area contributed by atoms with Crippen LogP contribution >= 0.6 is 11.3 Å². The lowest BCUT2D eigenvalue weighted by Crippen LogP contribution is -2.47. The summed E-state index contributed by atoms with van der Waals surface area (Å²) in [7, 11) is -7.31. The number of nitrogens with zero attached hydrogens (tertiary/aromatic N) is 2. The van der Waals surface area contributed by atoms with Crippen molar-refractivity contribution in [2.75, 3.05) is 29.7 Å². The van der Waals surface area contributed by atoms with Gasteiger partial charge in [0.25, 0.3) is 10.0 Å². The number of amides is 1. The predicted octanol–water partition coefficient (Wildman–Crippen LogP) is 1.41. The standard InChI is InChI=1S/C19H23N3O5S3/c23-19(17-7-3-11-22(17)30(26,27)18-8-4-13-28-18)20-10-14-29(24,25)21-12-9-15-5-1-2-6-16(15)21/h1-2,4-6,8,13,17H,3,7,9-12,14H2,(H,20,23). The average molecular weight is 470 g/mol. The molecule has 30 heavy (non-hydrogen) atoms. The Labute approximate surface area is 180 Å². The first-order valence-electron chi connectivity index (χ1n) is 9.72. The van der Waals surface area contributed by atoms with Crippen LogP contribution in [-0.2, 0) is 31.3 Å². The van der Waals surface area contributed by atoms with Gasteiger partial charge in [0.1, 0.15) is 10.3 Å². The predicted molar refractivity (Wildman–Crippen MR) is 116 cm³/mol. The first-order valence-corrected chi connectivity index (χ1v) is 13.6. The number of nitrogens with one attached hydrogen (secondary N) is 1. The zero-order valence-corrected chi connectivity index (χ0v) is 18.7. The number of fused-ring (bicyclic) bond motifs is 1. The van der Waals surface area contributed by atoms with Crippen molar-refractivity contribution in [2.45, 2.75) is 29.5 Å². The number of benzene rings is 1. The number of hydrogen-bond acceptors (Lipinski definition) is 6. The molecule has 3 heterocycles. The van der Waals surface area contributed by atoms with E-state index < -0.39 is 32.0 Å². The van der Waals surface area contributed by atoms with Crippen LogP contribution in [0.1, 0.15) is 18.4 Å². The number of sulfonamides is 2. The molecule has 0 radical (unpaired) electrons. The van der Waals surface area contributed by atoms with E-state index in [-0.39, 0.29) is 23.1 Å². The van der Waals surface area contributed by atoms with E-state index in [1.54, 1.807) is 23.6 Å². The number of anilines is 1. The fraction of sp³-hybridized carbons (Fsp3) is 0.421. The van der Waals surface area contributed by atoms with Crippen molar-refractivity contribution in [3.8, 4) is 0 Å². The Kier molecular flexibility index (Phi) is 5.88. The summed E-state index contributed by atoms with van der Waals surface area (Å²) in [4.78, 5) is 12.7. The SMILES string of the molecule is O=C(NCCS(=O)(=O)N1CCc2ccccc21)C1CCCN1S(=O)(=O)c1cccs1. The summed E-state index contributed by atoms with van der Waals surface area (Å²) in [6.07, 6.45) is 1.67. The molecule has 4 rings (SSSR count). The molecule has 1 amide bonds. The Balaban J connectivity index is 1.38. The minimum Gasteiger partial charge on any atom is -0.354 e. The number of para-hydroxylation sites is 1. The second-order valence-electron chi connectivity index (χ2n) is 7.26. The van der Waals surface area contributed by atoms with Crippen LogP contribution in [0.5, 0.6) is 0 Å². The van der Waals surface area contributed by atoms with Crippen LogP contribution in [-0.4, -0.2) is 58.5 Å². The van der Waals surface area contributed by atoms with Gasteiger partial charge in [-0.05, 0) is 42.3 Å². The van der Waals surface area contributed by atoms with Crippen LogP contribution in [0.4, 0.5) is 5.69 Å². The van der Waals surface area contributed by atoms with Crippen molar-refractivity contribution in [1.82, 2.24) is 9.62 Å². The molecule has 1 N–H and O–H groups in total. The third-order valence-electron chi connectivity index (χ3n) is 5.40. The van der Waals surface area contributed by atoms with E-state index in [4.69, 9.17) is 0 Å². The first-order chi connectivity index (χ1) is 14.3. The average Bonchev–Trinajstić information content (AvgIpc) is 3.48. The summed E-state index contributed by atoms with van der Waals surface area (Å²) in [6, 6.07) is 9.74. The number of carbonyl (C=O) groups is 1. The monoisotopic (exact) mass is 469 g/mol. The second-order valence-corrected chi connectivity index (χ2v) is 12.3. The molecular formula is C19H23N3O5S3. The van der Waals surface area contributed by atoms with Crippen LogP contribution in [0.3, 0.4) is 0 Å². The largest absolute Gasteiger partial charge is 0.354 e. The summed E-state index contributed by atoms with van der Waals surface area (Å²) < 4.78 is 53.9. The Morgan fingerprint density at radius 3 is 2.67 bits per heavy atom. The number of carbonyl (C=O) groups excluding carboxylic acids is 1. The molecule has 0 spiro atoms. The van der Waals surface area contributed by atoms with Gasteiger partial charge < -0.3 is 5.32 Å². The lowest BCUT2D eigenvalue weighted by atomic mass is 10.2. The molecule has 0 aliphatic carbocycles. The van der Waals surface area contributed by atoms with Crippen molar-refractivity contribution in [3.63, 3.8) is 0 Å². The Hall–Kier alpha value is -1.95. The minimum atomic E-state index is -3.72. The highest BCUT2D eigenvalue weighted by Crippen LogP contribution is 2.30. The second kappa shape index (κ2) is 8.29. The molecule has 11 heteroatoms. The maximum Gasteiger partial charge on any atom is 0.253 e. The van der Waals surface area contributed by atoms with Crippen molar-refractivity contribution >= 4 is 43.0 Å². The van der Waals surface area contributed by atoms with Crippen molar-refractivity contribution < 1.29 is 21.6 Å². The molecule has 1 unspecified atom stereocenters.